The van der Waals surface area contributed by atoms with Crippen molar-refractivity contribution in [3.05, 3.63) is 32.6 Å². The average molecular weight is 360 g/mol. The van der Waals surface area contributed by atoms with E-state index in [1.165, 1.54) is 4.57 Å². The van der Waals surface area contributed by atoms with Crippen LogP contribution in [0.15, 0.2) is 15.8 Å². The van der Waals surface area contributed by atoms with Crippen molar-refractivity contribution in [3.8, 4) is 0 Å². The molecule has 1 saturated heterocycles. The van der Waals surface area contributed by atoms with Gasteiger partial charge in [-0.25, -0.2) is 4.79 Å². The summed E-state index contributed by atoms with van der Waals surface area (Å²) in [6, 6.07) is 0. The second-order valence-electron chi connectivity index (χ2n) is 5.53. The second kappa shape index (κ2) is 8.82. The first-order valence-corrected chi connectivity index (χ1v) is 8.57. The van der Waals surface area contributed by atoms with Crippen LogP contribution in [0, 0.1) is 6.92 Å². The van der Waals surface area contributed by atoms with E-state index in [-0.39, 0.29) is 28.4 Å². The van der Waals surface area contributed by atoms with E-state index in [2.05, 4.69) is 4.98 Å². The molecule has 4 atom stereocenters. The summed E-state index contributed by atoms with van der Waals surface area (Å²) in [4.78, 5) is 26.2. The molecule has 1 aliphatic heterocycles. The summed E-state index contributed by atoms with van der Waals surface area (Å²) in [6.45, 7) is 2.96. The van der Waals surface area contributed by atoms with Gasteiger partial charge in [-0.05, 0) is 6.92 Å². The van der Waals surface area contributed by atoms with E-state index in [1.54, 1.807) is 46.2 Å². The van der Waals surface area contributed by atoms with Crippen LogP contribution in [-0.4, -0.2) is 68.2 Å². The van der Waals surface area contributed by atoms with E-state index >= 15 is 0 Å². The van der Waals surface area contributed by atoms with Crippen molar-refractivity contribution >= 4 is 11.8 Å². The van der Waals surface area contributed by atoms with E-state index in [0.717, 1.165) is 0 Å². The third-order valence-electron chi connectivity index (χ3n) is 3.91. The summed E-state index contributed by atoms with van der Waals surface area (Å²) in [5.41, 5.74) is -0.376. The SMILES string of the molecule is COCCOC1C(OC)[C@@H](COC)S[C@H]1n1cc(C)c(=O)[nH]c1=O. The average Bonchev–Trinajstić information content (AvgIpc) is 2.89. The highest BCUT2D eigenvalue weighted by Gasteiger charge is 2.46. The van der Waals surface area contributed by atoms with Crippen LogP contribution in [0.2, 0.25) is 0 Å². The van der Waals surface area contributed by atoms with Gasteiger partial charge in [0.25, 0.3) is 5.56 Å². The van der Waals surface area contributed by atoms with E-state index in [9.17, 15) is 9.59 Å². The maximum absolute atomic E-state index is 12.3. The Bertz CT molecular complexity index is 646. The van der Waals surface area contributed by atoms with Gasteiger partial charge in [0.15, 0.2) is 0 Å². The number of aryl methyl sites for hydroxylation is 1. The predicted octanol–water partition coefficient (Wildman–Crippen LogP) is 0.152. The Morgan fingerprint density at radius 2 is 1.92 bits per heavy atom. The van der Waals surface area contributed by atoms with Crippen LogP contribution in [0.3, 0.4) is 0 Å². The smallest absolute Gasteiger partial charge is 0.329 e. The normalized spacial score (nSPS) is 26.8. The van der Waals surface area contributed by atoms with E-state index in [1.807, 2.05) is 0 Å². The summed E-state index contributed by atoms with van der Waals surface area (Å²) < 4.78 is 23.3. The molecule has 0 aliphatic carbocycles. The zero-order valence-electron chi connectivity index (χ0n) is 14.3. The van der Waals surface area contributed by atoms with Crippen LogP contribution in [0.25, 0.3) is 0 Å². The summed E-state index contributed by atoms with van der Waals surface area (Å²) in [5.74, 6) is 0. The minimum absolute atomic E-state index is 0.0108. The summed E-state index contributed by atoms with van der Waals surface area (Å²) in [5, 5.41) is -0.313. The van der Waals surface area contributed by atoms with Crippen LogP contribution in [0.4, 0.5) is 0 Å². The molecule has 2 heterocycles. The highest BCUT2D eigenvalue weighted by molar-refractivity contribution is 8.00. The number of thioether (sulfide) groups is 1. The molecule has 1 aromatic heterocycles. The van der Waals surface area contributed by atoms with Crippen molar-refractivity contribution in [2.45, 2.75) is 29.8 Å². The molecule has 0 spiro atoms. The molecule has 0 bridgehead atoms. The molecule has 1 N–H and O–H groups in total. The zero-order valence-corrected chi connectivity index (χ0v) is 15.1. The molecular weight excluding hydrogens is 336 g/mol. The molecule has 1 aliphatic rings. The lowest BCUT2D eigenvalue weighted by Gasteiger charge is -2.25. The zero-order chi connectivity index (χ0) is 17.7. The van der Waals surface area contributed by atoms with Crippen molar-refractivity contribution in [2.24, 2.45) is 0 Å². The third kappa shape index (κ3) is 4.09. The van der Waals surface area contributed by atoms with Crippen molar-refractivity contribution in [1.82, 2.24) is 9.55 Å². The van der Waals surface area contributed by atoms with Gasteiger partial charge in [0.2, 0.25) is 0 Å². The van der Waals surface area contributed by atoms with Gasteiger partial charge in [-0.3, -0.25) is 14.3 Å². The highest BCUT2D eigenvalue weighted by Crippen LogP contribution is 2.44. The minimum Gasteiger partial charge on any atom is -0.383 e. The van der Waals surface area contributed by atoms with Crippen molar-refractivity contribution < 1.29 is 18.9 Å². The number of nitrogens with zero attached hydrogens (tertiary/aromatic N) is 1. The van der Waals surface area contributed by atoms with Gasteiger partial charge in [-0.15, -0.1) is 11.8 Å². The molecule has 0 amide bonds. The summed E-state index contributed by atoms with van der Waals surface area (Å²) in [6.07, 6.45) is 0.960. The molecule has 2 unspecified atom stereocenters. The van der Waals surface area contributed by atoms with Gasteiger partial charge in [0, 0.05) is 33.1 Å². The lowest BCUT2D eigenvalue weighted by molar-refractivity contribution is -0.0728. The van der Waals surface area contributed by atoms with Gasteiger partial charge in [-0.2, -0.15) is 0 Å². The van der Waals surface area contributed by atoms with Crippen LogP contribution in [0.5, 0.6) is 0 Å². The Balaban J connectivity index is 2.35. The largest absolute Gasteiger partial charge is 0.383 e. The number of aromatic amines is 1. The van der Waals surface area contributed by atoms with Crippen molar-refractivity contribution in [2.75, 3.05) is 41.2 Å². The second-order valence-corrected chi connectivity index (χ2v) is 6.89. The van der Waals surface area contributed by atoms with Gasteiger partial charge >= 0.3 is 5.69 Å². The Labute approximate surface area is 144 Å². The summed E-state index contributed by atoms with van der Waals surface area (Å²) in [7, 11) is 4.84. The molecule has 0 aromatic carbocycles. The fraction of sp³-hybridized carbons (Fsp3) is 0.733. The molecule has 136 valence electrons. The molecule has 9 heteroatoms. The standard InChI is InChI=1S/C15H24N2O6S/c1-9-7-17(15(19)16-13(9)18)14-12(23-6-5-20-2)11(22-4)10(24-14)8-21-3/h7,10-12,14H,5-6,8H2,1-4H3,(H,16,18,19)/t10-,11?,12?,14-/m1/s1. The van der Waals surface area contributed by atoms with Gasteiger partial charge < -0.3 is 18.9 Å². The number of hydrogen-bond acceptors (Lipinski definition) is 7. The predicted molar refractivity (Wildman–Crippen MR) is 90.8 cm³/mol. The van der Waals surface area contributed by atoms with E-state index in [4.69, 9.17) is 18.9 Å². The molecular formula is C15H24N2O6S. The van der Waals surface area contributed by atoms with Crippen LogP contribution in [-0.2, 0) is 18.9 Å². The molecule has 2 rings (SSSR count). The number of rotatable bonds is 8. The highest BCUT2D eigenvalue weighted by atomic mass is 32.2. The Kier molecular flexibility index (Phi) is 7.05. The molecule has 0 radical (unpaired) electrons. The maximum Gasteiger partial charge on any atom is 0.329 e. The number of methoxy groups -OCH3 is 3. The fourth-order valence-corrected chi connectivity index (χ4v) is 4.41. The molecule has 8 nitrogen and oxygen atoms in total. The number of ether oxygens (including phenoxy) is 4. The van der Waals surface area contributed by atoms with Crippen molar-refractivity contribution in [1.29, 1.82) is 0 Å². The van der Waals surface area contributed by atoms with Crippen molar-refractivity contribution in [3.63, 3.8) is 0 Å². The first-order chi connectivity index (χ1) is 11.5. The van der Waals surface area contributed by atoms with Gasteiger partial charge in [0.05, 0.1) is 25.1 Å². The first kappa shape index (κ1) is 19.2. The fourth-order valence-electron chi connectivity index (χ4n) is 2.74. The number of nitrogens with one attached hydrogen (secondary N) is 1. The number of H-pyrrole nitrogens is 1. The third-order valence-corrected chi connectivity index (χ3v) is 5.43. The first-order valence-electron chi connectivity index (χ1n) is 7.63. The Morgan fingerprint density at radius 1 is 1.17 bits per heavy atom. The summed E-state index contributed by atoms with van der Waals surface area (Å²) >= 11 is 1.54. The lowest BCUT2D eigenvalue weighted by atomic mass is 10.1. The molecule has 1 aromatic rings. The molecule has 0 saturated carbocycles. The number of aromatic nitrogens is 2. The van der Waals surface area contributed by atoms with Crippen LogP contribution >= 0.6 is 11.8 Å². The minimum atomic E-state index is -0.462. The number of hydrogen-bond donors (Lipinski definition) is 1. The van der Waals surface area contributed by atoms with Gasteiger partial charge in [0.1, 0.15) is 17.6 Å². The molecule has 1 fully saturated rings. The molecule has 24 heavy (non-hydrogen) atoms. The van der Waals surface area contributed by atoms with E-state index in [0.29, 0.717) is 25.4 Å². The monoisotopic (exact) mass is 360 g/mol. The topological polar surface area (TPSA) is 91.8 Å². The van der Waals surface area contributed by atoms with Gasteiger partial charge in [-0.1, -0.05) is 0 Å². The Hall–Kier alpha value is -1.13. The quantitative estimate of drug-likeness (QED) is 0.660. The maximum atomic E-state index is 12.3. The van der Waals surface area contributed by atoms with Crippen LogP contribution in [0.1, 0.15) is 10.9 Å². The van der Waals surface area contributed by atoms with E-state index < -0.39 is 5.69 Å². The lowest BCUT2D eigenvalue weighted by Crippen LogP contribution is -2.41. The van der Waals surface area contributed by atoms with Crippen LogP contribution < -0.4 is 11.2 Å². The Morgan fingerprint density at radius 3 is 2.54 bits per heavy atom.